The summed E-state index contributed by atoms with van der Waals surface area (Å²) in [4.78, 5) is 4.40. The number of pyridine rings is 1. The lowest BCUT2D eigenvalue weighted by Crippen LogP contribution is -2.22. The van der Waals surface area contributed by atoms with E-state index >= 15 is 0 Å². The summed E-state index contributed by atoms with van der Waals surface area (Å²) in [5, 5.41) is 0. The molecule has 1 saturated carbocycles. The van der Waals surface area contributed by atoms with Gasteiger partial charge >= 0.3 is 0 Å². The Morgan fingerprint density at radius 2 is 2.20 bits per heavy atom. The second-order valence-corrected chi connectivity index (χ2v) is 5.64. The summed E-state index contributed by atoms with van der Waals surface area (Å²) in [6.45, 7) is 6.92. The van der Waals surface area contributed by atoms with Crippen LogP contribution in [0.4, 0.5) is 0 Å². The smallest absolute Gasteiger partial charge is 0.0407 e. The molecule has 0 unspecified atom stereocenters. The van der Waals surface area contributed by atoms with Crippen LogP contribution >= 0.6 is 0 Å². The summed E-state index contributed by atoms with van der Waals surface area (Å²) in [5.74, 6) is 0.738. The van der Waals surface area contributed by atoms with Crippen LogP contribution in [0, 0.1) is 12.3 Å². The van der Waals surface area contributed by atoms with Crippen molar-refractivity contribution in [2.75, 3.05) is 0 Å². The summed E-state index contributed by atoms with van der Waals surface area (Å²) in [6.07, 6.45) is 7.30. The highest BCUT2D eigenvalue weighted by molar-refractivity contribution is 5.23. The highest BCUT2D eigenvalue weighted by Gasteiger charge is 2.29. The molecular formula is C14H21N. The van der Waals surface area contributed by atoms with Gasteiger partial charge in [-0.3, -0.25) is 4.98 Å². The molecule has 15 heavy (non-hydrogen) atoms. The van der Waals surface area contributed by atoms with Crippen molar-refractivity contribution < 1.29 is 0 Å². The molecule has 1 aliphatic rings. The third-order valence-electron chi connectivity index (χ3n) is 3.69. The van der Waals surface area contributed by atoms with E-state index in [0.29, 0.717) is 5.41 Å². The molecule has 1 aliphatic carbocycles. The van der Waals surface area contributed by atoms with Crippen LogP contribution in [-0.2, 0) is 0 Å². The van der Waals surface area contributed by atoms with Gasteiger partial charge < -0.3 is 0 Å². The Kier molecular flexibility index (Phi) is 2.81. The van der Waals surface area contributed by atoms with Crippen LogP contribution in [0.1, 0.15) is 56.7 Å². The molecule has 0 spiro atoms. The Morgan fingerprint density at radius 1 is 1.40 bits per heavy atom. The Morgan fingerprint density at radius 3 is 2.87 bits per heavy atom. The zero-order valence-electron chi connectivity index (χ0n) is 10.1. The van der Waals surface area contributed by atoms with Crippen LogP contribution < -0.4 is 0 Å². The zero-order chi connectivity index (χ0) is 10.9. The molecule has 0 saturated heterocycles. The van der Waals surface area contributed by atoms with Gasteiger partial charge in [0.2, 0.25) is 0 Å². The van der Waals surface area contributed by atoms with Gasteiger partial charge in [-0.15, -0.1) is 0 Å². The fourth-order valence-corrected chi connectivity index (χ4v) is 2.89. The fourth-order valence-electron chi connectivity index (χ4n) is 2.89. The molecule has 0 N–H and O–H groups in total. The summed E-state index contributed by atoms with van der Waals surface area (Å²) in [5.41, 5.74) is 3.22. The normalized spacial score (nSPS) is 25.1. The van der Waals surface area contributed by atoms with Crippen molar-refractivity contribution in [3.63, 3.8) is 0 Å². The highest BCUT2D eigenvalue weighted by atomic mass is 14.7. The lowest BCUT2D eigenvalue weighted by atomic mass is 9.70. The highest BCUT2D eigenvalue weighted by Crippen LogP contribution is 2.43. The number of aromatic nitrogens is 1. The monoisotopic (exact) mass is 203 g/mol. The Balaban J connectivity index is 2.21. The molecule has 1 heterocycles. The van der Waals surface area contributed by atoms with Crippen molar-refractivity contribution in [2.45, 2.75) is 52.4 Å². The molecule has 0 radical (unpaired) electrons. The van der Waals surface area contributed by atoms with E-state index in [1.165, 1.54) is 36.9 Å². The van der Waals surface area contributed by atoms with Gasteiger partial charge in [0.05, 0.1) is 0 Å². The van der Waals surface area contributed by atoms with E-state index in [4.69, 9.17) is 0 Å². The zero-order valence-corrected chi connectivity index (χ0v) is 10.1. The van der Waals surface area contributed by atoms with Gasteiger partial charge in [-0.25, -0.2) is 0 Å². The summed E-state index contributed by atoms with van der Waals surface area (Å²) in [6, 6.07) is 4.33. The summed E-state index contributed by atoms with van der Waals surface area (Å²) in [7, 11) is 0. The molecule has 0 aromatic carbocycles. The fraction of sp³-hybridized carbons (Fsp3) is 0.643. The number of nitrogens with zero attached hydrogens (tertiary/aromatic N) is 1. The first kappa shape index (κ1) is 10.7. The predicted molar refractivity (Wildman–Crippen MR) is 64.0 cm³/mol. The molecule has 1 fully saturated rings. The largest absolute Gasteiger partial charge is 0.261 e. The van der Waals surface area contributed by atoms with Gasteiger partial charge in [-0.05, 0) is 49.1 Å². The van der Waals surface area contributed by atoms with E-state index < -0.39 is 0 Å². The van der Waals surface area contributed by atoms with Crippen molar-refractivity contribution in [2.24, 2.45) is 5.41 Å². The first-order valence-corrected chi connectivity index (χ1v) is 6.00. The maximum atomic E-state index is 4.40. The molecule has 82 valence electrons. The first-order valence-electron chi connectivity index (χ1n) is 6.00. The quantitative estimate of drug-likeness (QED) is 0.670. The molecule has 2 rings (SSSR count). The number of hydrogen-bond donors (Lipinski definition) is 0. The van der Waals surface area contributed by atoms with E-state index in [9.17, 15) is 0 Å². The minimum atomic E-state index is 0.519. The molecule has 0 aliphatic heterocycles. The average molecular weight is 203 g/mol. The van der Waals surface area contributed by atoms with Crippen molar-refractivity contribution in [1.29, 1.82) is 0 Å². The van der Waals surface area contributed by atoms with E-state index in [2.05, 4.69) is 37.9 Å². The van der Waals surface area contributed by atoms with Crippen LogP contribution in [0.15, 0.2) is 18.3 Å². The molecule has 1 nitrogen and oxygen atoms in total. The van der Waals surface area contributed by atoms with Crippen molar-refractivity contribution in [3.8, 4) is 0 Å². The van der Waals surface area contributed by atoms with Crippen LogP contribution in [0.3, 0.4) is 0 Å². The van der Waals surface area contributed by atoms with Gasteiger partial charge in [0.1, 0.15) is 0 Å². The van der Waals surface area contributed by atoms with Crippen LogP contribution in [0.2, 0.25) is 0 Å². The maximum absolute atomic E-state index is 4.40. The van der Waals surface area contributed by atoms with Crippen molar-refractivity contribution >= 4 is 0 Å². The molecule has 1 aromatic rings. The van der Waals surface area contributed by atoms with Gasteiger partial charge in [0, 0.05) is 11.9 Å². The minimum Gasteiger partial charge on any atom is -0.261 e. The van der Waals surface area contributed by atoms with Crippen molar-refractivity contribution in [3.05, 3.63) is 29.6 Å². The maximum Gasteiger partial charge on any atom is 0.0407 e. The van der Waals surface area contributed by atoms with Crippen LogP contribution in [0.25, 0.3) is 0 Å². The molecule has 1 atom stereocenters. The minimum absolute atomic E-state index is 0.519. The third kappa shape index (κ3) is 2.39. The number of aryl methyl sites for hydroxylation is 1. The summed E-state index contributed by atoms with van der Waals surface area (Å²) >= 11 is 0. The first-order chi connectivity index (χ1) is 7.08. The lowest BCUT2D eigenvalue weighted by molar-refractivity contribution is 0.219. The molecule has 0 bridgehead atoms. The average Bonchev–Trinajstić information content (AvgIpc) is 2.17. The van der Waals surface area contributed by atoms with Crippen molar-refractivity contribution in [1.82, 2.24) is 4.98 Å². The molecule has 1 aromatic heterocycles. The number of rotatable bonds is 1. The van der Waals surface area contributed by atoms with Gasteiger partial charge in [-0.2, -0.15) is 0 Å². The predicted octanol–water partition coefficient (Wildman–Crippen LogP) is 4.07. The topological polar surface area (TPSA) is 12.9 Å². The van der Waals surface area contributed by atoms with Crippen LogP contribution in [-0.4, -0.2) is 4.98 Å². The van der Waals surface area contributed by atoms with Gasteiger partial charge in [0.15, 0.2) is 0 Å². The Labute approximate surface area is 92.9 Å². The van der Waals surface area contributed by atoms with E-state index in [0.717, 1.165) is 5.92 Å². The van der Waals surface area contributed by atoms with E-state index in [1.807, 2.05) is 6.20 Å². The second-order valence-electron chi connectivity index (χ2n) is 5.64. The molecule has 1 heteroatoms. The van der Waals surface area contributed by atoms with Gasteiger partial charge in [-0.1, -0.05) is 26.3 Å². The van der Waals surface area contributed by atoms with E-state index in [-0.39, 0.29) is 0 Å². The second kappa shape index (κ2) is 3.96. The van der Waals surface area contributed by atoms with E-state index in [1.54, 1.807) is 0 Å². The molecular weight excluding hydrogens is 182 g/mol. The Bertz CT molecular complexity index is 341. The standard InChI is InChI=1S/C14H21N/c1-11-13(7-5-9-15-11)12-6-4-8-14(2,3)10-12/h5,7,9,12H,4,6,8,10H2,1-3H3/t12-/m0/s1. The Hall–Kier alpha value is -0.850. The van der Waals surface area contributed by atoms with Crippen LogP contribution in [0.5, 0.6) is 0 Å². The third-order valence-corrected chi connectivity index (χ3v) is 3.69. The molecule has 0 amide bonds. The lowest BCUT2D eigenvalue weighted by Gasteiger charge is -2.35. The summed E-state index contributed by atoms with van der Waals surface area (Å²) < 4.78 is 0. The SMILES string of the molecule is Cc1ncccc1[C@H]1CCCC(C)(C)C1. The number of hydrogen-bond acceptors (Lipinski definition) is 1. The van der Waals surface area contributed by atoms with Gasteiger partial charge in [0.25, 0.3) is 0 Å².